The lowest BCUT2D eigenvalue weighted by atomic mass is 10.2. The number of hydrogen-bond donors (Lipinski definition) is 1. The number of aryl methyl sites for hydroxylation is 6. The van der Waals surface area contributed by atoms with E-state index in [1.165, 1.54) is 25.1 Å². The van der Waals surface area contributed by atoms with E-state index in [0.29, 0.717) is 16.1 Å². The molecule has 1 aromatic carbocycles. The Morgan fingerprint density at radius 1 is 0.864 bits per heavy atom. The van der Waals surface area contributed by atoms with E-state index in [1.54, 1.807) is 57.6 Å². The summed E-state index contributed by atoms with van der Waals surface area (Å²) in [5.74, 6) is -0.354. The molecule has 0 aliphatic carbocycles. The molecule has 234 valence electrons. The average molecular weight is 624 g/mol. The molecule has 0 saturated heterocycles. The Kier molecular flexibility index (Phi) is 16.4. The minimum atomic E-state index is -0.354. The van der Waals surface area contributed by atoms with Gasteiger partial charge >= 0.3 is 5.97 Å². The van der Waals surface area contributed by atoms with Crippen LogP contribution in [0.1, 0.15) is 41.0 Å². The van der Waals surface area contributed by atoms with Crippen LogP contribution in [0.25, 0.3) is 11.0 Å². The van der Waals surface area contributed by atoms with Gasteiger partial charge in [0.1, 0.15) is 17.1 Å². The number of hydrogen-bond acceptors (Lipinski definition) is 10. The van der Waals surface area contributed by atoms with E-state index in [0.717, 1.165) is 16.7 Å². The molecular formula is C28H38ClN13O2. The highest BCUT2D eigenvalue weighted by Crippen LogP contribution is 2.08. The number of ether oxygens (including phenoxy) is 1. The number of fused-ring (bicyclic) bond motifs is 1. The second kappa shape index (κ2) is 19.7. The molecule has 0 atom stereocenters. The van der Waals surface area contributed by atoms with E-state index < -0.39 is 0 Å². The van der Waals surface area contributed by atoms with E-state index in [2.05, 4.69) is 45.8 Å². The van der Waals surface area contributed by atoms with Gasteiger partial charge in [-0.1, -0.05) is 36.7 Å². The summed E-state index contributed by atoms with van der Waals surface area (Å²) in [6.07, 6.45) is 11.5. The van der Waals surface area contributed by atoms with Gasteiger partial charge in [0.25, 0.3) is 0 Å². The Hall–Kier alpha value is -5.36. The van der Waals surface area contributed by atoms with Crippen molar-refractivity contribution in [3.63, 3.8) is 0 Å². The molecule has 15 nitrogen and oxygen atoms in total. The third-order valence-electron chi connectivity index (χ3n) is 4.82. The Bertz CT molecular complexity index is 1630. The van der Waals surface area contributed by atoms with Gasteiger partial charge in [-0.2, -0.15) is 36.0 Å². The van der Waals surface area contributed by atoms with Gasteiger partial charge in [0.2, 0.25) is 0 Å². The Morgan fingerprint density at radius 3 is 1.86 bits per heavy atom. The molecule has 0 aliphatic heterocycles. The fourth-order valence-corrected chi connectivity index (χ4v) is 3.11. The van der Waals surface area contributed by atoms with Crippen molar-refractivity contribution in [1.29, 1.82) is 5.26 Å². The van der Waals surface area contributed by atoms with Crippen LogP contribution in [0.4, 0.5) is 0 Å². The number of rotatable bonds is 1. The summed E-state index contributed by atoms with van der Waals surface area (Å²) in [5, 5.41) is 38.2. The second-order valence-corrected chi connectivity index (χ2v) is 9.03. The first-order valence-electron chi connectivity index (χ1n) is 13.2. The predicted molar refractivity (Wildman–Crippen MR) is 166 cm³/mol. The van der Waals surface area contributed by atoms with Gasteiger partial charge < -0.3 is 4.74 Å². The maximum Gasteiger partial charge on any atom is 0.341 e. The molecular weight excluding hydrogens is 586 g/mol. The van der Waals surface area contributed by atoms with Gasteiger partial charge in [0.15, 0.2) is 0 Å². The number of nitrogens with one attached hydrogen (secondary N) is 1. The van der Waals surface area contributed by atoms with Crippen molar-refractivity contribution in [2.24, 2.45) is 28.2 Å². The van der Waals surface area contributed by atoms with Gasteiger partial charge in [-0.3, -0.25) is 18.7 Å². The summed E-state index contributed by atoms with van der Waals surface area (Å²) in [5.41, 5.74) is 5.10. The quantitative estimate of drug-likeness (QED) is 0.263. The van der Waals surface area contributed by atoms with Crippen LogP contribution < -0.4 is 0 Å². The monoisotopic (exact) mass is 623 g/mol. The molecule has 6 aromatic rings. The molecule has 0 spiro atoms. The first-order chi connectivity index (χ1) is 21.0. The van der Waals surface area contributed by atoms with Crippen molar-refractivity contribution in [2.75, 3.05) is 7.11 Å². The van der Waals surface area contributed by atoms with Crippen LogP contribution in [0.2, 0.25) is 5.02 Å². The summed E-state index contributed by atoms with van der Waals surface area (Å²) in [6, 6.07) is 7.93. The molecule has 0 bridgehead atoms. The fraction of sp³-hybridized carbons (Fsp3) is 0.321. The van der Waals surface area contributed by atoms with Gasteiger partial charge in [-0.15, -0.1) is 5.10 Å². The number of methoxy groups -OCH3 is 1. The summed E-state index contributed by atoms with van der Waals surface area (Å²) in [7, 11) is 8.54. The molecule has 5 aromatic heterocycles. The number of nitriles is 1. The molecule has 0 radical (unpaired) electrons. The topological polar surface area (TPSA) is 176 Å². The normalized spacial score (nSPS) is 9.20. The van der Waals surface area contributed by atoms with Crippen LogP contribution in [-0.2, 0) is 32.9 Å². The van der Waals surface area contributed by atoms with E-state index in [-0.39, 0.29) is 5.97 Å². The molecule has 16 heteroatoms. The molecule has 0 fully saturated rings. The number of carbonyl (C=O) groups excluding carboxylic acids is 1. The minimum absolute atomic E-state index is 0.354. The van der Waals surface area contributed by atoms with E-state index >= 15 is 0 Å². The smallest absolute Gasteiger partial charge is 0.341 e. The second-order valence-electron chi connectivity index (χ2n) is 8.59. The molecule has 1 N–H and O–H groups in total. The zero-order chi connectivity index (χ0) is 33.1. The van der Waals surface area contributed by atoms with E-state index in [1.807, 2.05) is 72.3 Å². The van der Waals surface area contributed by atoms with Crippen molar-refractivity contribution < 1.29 is 9.53 Å². The number of aromatic nitrogens is 12. The minimum Gasteiger partial charge on any atom is -0.465 e. The van der Waals surface area contributed by atoms with Crippen molar-refractivity contribution >= 4 is 28.6 Å². The first kappa shape index (κ1) is 36.7. The van der Waals surface area contributed by atoms with Crippen LogP contribution in [0, 0.1) is 25.2 Å². The number of carbonyl (C=O) groups is 1. The van der Waals surface area contributed by atoms with Crippen molar-refractivity contribution in [1.82, 2.24) is 59.7 Å². The van der Waals surface area contributed by atoms with E-state index in [9.17, 15) is 4.79 Å². The average Bonchev–Trinajstić information content (AvgIpc) is 3.86. The van der Waals surface area contributed by atoms with Crippen LogP contribution in [0.15, 0.2) is 61.6 Å². The Balaban J connectivity index is 0.000000273. The number of esters is 1. The molecule has 0 aliphatic rings. The zero-order valence-corrected chi connectivity index (χ0v) is 27.1. The van der Waals surface area contributed by atoms with Gasteiger partial charge in [0, 0.05) is 53.0 Å². The summed E-state index contributed by atoms with van der Waals surface area (Å²) in [4.78, 5) is 10.8. The Labute approximate surface area is 261 Å². The number of benzene rings is 1. The number of halogens is 1. The predicted octanol–water partition coefficient (Wildman–Crippen LogP) is 3.99. The third-order valence-corrected chi connectivity index (χ3v) is 5.02. The fourth-order valence-electron chi connectivity index (χ4n) is 2.93. The van der Waals surface area contributed by atoms with Crippen LogP contribution in [0.3, 0.4) is 0 Å². The van der Waals surface area contributed by atoms with Gasteiger partial charge in [-0.05, 0) is 31.5 Å². The lowest BCUT2D eigenvalue weighted by molar-refractivity contribution is 0.0600. The SMILES string of the molecule is CC.COC(=O)c1cnn(C)c1.Cc1ccc2n[nH]nc2c1.Cc1cn(C)nn1.Cn1cc(C#N)cn1.Cn1cc(Cl)cn1. The number of H-pyrrole nitrogens is 1. The lowest BCUT2D eigenvalue weighted by Crippen LogP contribution is -1.98. The molecule has 0 saturated carbocycles. The van der Waals surface area contributed by atoms with Crippen LogP contribution in [-0.4, -0.2) is 72.8 Å². The highest BCUT2D eigenvalue weighted by Gasteiger charge is 2.05. The maximum atomic E-state index is 10.8. The summed E-state index contributed by atoms with van der Waals surface area (Å²) in [6.45, 7) is 7.95. The first-order valence-corrected chi connectivity index (χ1v) is 13.6. The molecule has 0 unspecified atom stereocenters. The molecule has 0 amide bonds. The number of aromatic amines is 1. The van der Waals surface area contributed by atoms with Crippen LogP contribution in [0.5, 0.6) is 0 Å². The van der Waals surface area contributed by atoms with Crippen LogP contribution >= 0.6 is 11.6 Å². The zero-order valence-electron chi connectivity index (χ0n) is 26.3. The van der Waals surface area contributed by atoms with Crippen molar-refractivity contribution in [3.8, 4) is 6.07 Å². The number of nitrogens with zero attached hydrogens (tertiary/aromatic N) is 12. The van der Waals surface area contributed by atoms with Crippen molar-refractivity contribution in [3.05, 3.63) is 89.0 Å². The molecule has 44 heavy (non-hydrogen) atoms. The Morgan fingerprint density at radius 2 is 1.48 bits per heavy atom. The largest absolute Gasteiger partial charge is 0.465 e. The lowest BCUT2D eigenvalue weighted by Gasteiger charge is -1.90. The highest BCUT2D eigenvalue weighted by molar-refractivity contribution is 6.30. The van der Waals surface area contributed by atoms with E-state index in [4.69, 9.17) is 16.9 Å². The highest BCUT2D eigenvalue weighted by atomic mass is 35.5. The summed E-state index contributed by atoms with van der Waals surface area (Å²) < 4.78 is 10.9. The molecule has 5 heterocycles. The van der Waals surface area contributed by atoms with Gasteiger partial charge in [0.05, 0.1) is 47.5 Å². The maximum absolute atomic E-state index is 10.8. The van der Waals surface area contributed by atoms with Gasteiger partial charge in [-0.25, -0.2) is 4.79 Å². The van der Waals surface area contributed by atoms with Crippen molar-refractivity contribution in [2.45, 2.75) is 27.7 Å². The standard InChI is InChI=1S/C7H7N3.C6H8N2O2.C5H5N3.C4H5ClN2.C4H7N3.C2H6/c1-5-2-3-6-7(4-5)9-10-8-6;1-8-4-5(3-7-8)6(9)10-2;1-8-4-5(2-6)3-7-8;1-7-3-4(5)2-6-7;1-4-3-7(2)6-5-4;1-2/h2-4H,1H3,(H,8,9,10);3-4H,1-2H3;3-4H,1H3;2-3H,1H3;3H,1-2H3;1-2H3. The summed E-state index contributed by atoms with van der Waals surface area (Å²) >= 11 is 5.48. The molecule has 6 rings (SSSR count). The third kappa shape index (κ3) is 14.0.